The SMILES string of the molecule is O=C(O)c1ccc2c(C3CCCCC3)c3n(c2c1)CCC(O)Cc1ccccc1-3. The van der Waals surface area contributed by atoms with Crippen LogP contribution < -0.4 is 0 Å². The number of carboxylic acids is 1. The maximum Gasteiger partial charge on any atom is 0.335 e. The summed E-state index contributed by atoms with van der Waals surface area (Å²) in [6.07, 6.45) is 7.15. The van der Waals surface area contributed by atoms with Gasteiger partial charge in [0.15, 0.2) is 0 Å². The monoisotopic (exact) mass is 389 g/mol. The molecule has 0 saturated heterocycles. The molecule has 2 aliphatic rings. The zero-order chi connectivity index (χ0) is 20.0. The van der Waals surface area contributed by atoms with Crippen LogP contribution in [0.3, 0.4) is 0 Å². The first-order valence-corrected chi connectivity index (χ1v) is 10.8. The molecule has 5 rings (SSSR count). The fraction of sp³-hybridized carbons (Fsp3) is 0.400. The van der Waals surface area contributed by atoms with Crippen molar-refractivity contribution in [1.29, 1.82) is 0 Å². The van der Waals surface area contributed by atoms with Crippen LogP contribution in [0, 0.1) is 0 Å². The van der Waals surface area contributed by atoms with Crippen LogP contribution in [-0.2, 0) is 13.0 Å². The zero-order valence-electron chi connectivity index (χ0n) is 16.6. The molecule has 0 bridgehead atoms. The van der Waals surface area contributed by atoms with Gasteiger partial charge in [-0.25, -0.2) is 4.79 Å². The summed E-state index contributed by atoms with van der Waals surface area (Å²) in [4.78, 5) is 11.6. The van der Waals surface area contributed by atoms with Crippen molar-refractivity contribution in [2.24, 2.45) is 0 Å². The van der Waals surface area contributed by atoms with E-state index < -0.39 is 5.97 Å². The highest BCUT2D eigenvalue weighted by Gasteiger charge is 2.29. The second kappa shape index (κ2) is 7.34. The van der Waals surface area contributed by atoms with E-state index >= 15 is 0 Å². The molecule has 2 heterocycles. The van der Waals surface area contributed by atoms with E-state index in [1.807, 2.05) is 18.2 Å². The molecule has 1 aliphatic carbocycles. The molecule has 1 fully saturated rings. The third-order valence-electron chi connectivity index (χ3n) is 6.78. The van der Waals surface area contributed by atoms with Crippen LogP contribution in [-0.4, -0.2) is 26.9 Å². The third kappa shape index (κ3) is 3.16. The van der Waals surface area contributed by atoms with E-state index in [9.17, 15) is 15.0 Å². The van der Waals surface area contributed by atoms with Gasteiger partial charge in [-0.2, -0.15) is 0 Å². The normalized spacial score (nSPS) is 20.0. The molecule has 1 aromatic heterocycles. The summed E-state index contributed by atoms with van der Waals surface area (Å²) in [6.45, 7) is 0.705. The summed E-state index contributed by atoms with van der Waals surface area (Å²) in [7, 11) is 0. The van der Waals surface area contributed by atoms with Crippen LogP contribution >= 0.6 is 0 Å². The van der Waals surface area contributed by atoms with Gasteiger partial charge in [-0.05, 0) is 54.9 Å². The molecule has 4 heteroatoms. The van der Waals surface area contributed by atoms with Gasteiger partial charge in [0, 0.05) is 23.0 Å². The molecule has 1 atom stereocenters. The van der Waals surface area contributed by atoms with Crippen molar-refractivity contribution >= 4 is 16.9 Å². The van der Waals surface area contributed by atoms with Crippen molar-refractivity contribution in [3.05, 3.63) is 59.2 Å². The molecule has 1 saturated carbocycles. The second-order valence-corrected chi connectivity index (χ2v) is 8.59. The molecule has 2 aromatic carbocycles. The largest absolute Gasteiger partial charge is 0.478 e. The number of hydrogen-bond acceptors (Lipinski definition) is 2. The second-order valence-electron chi connectivity index (χ2n) is 8.59. The van der Waals surface area contributed by atoms with E-state index in [4.69, 9.17) is 0 Å². The average Bonchev–Trinajstić information content (AvgIpc) is 3.05. The molecular weight excluding hydrogens is 362 g/mol. The van der Waals surface area contributed by atoms with Crippen LogP contribution in [0.4, 0.5) is 0 Å². The van der Waals surface area contributed by atoms with E-state index in [0.717, 1.165) is 5.52 Å². The maximum absolute atomic E-state index is 11.6. The van der Waals surface area contributed by atoms with Gasteiger partial charge in [0.2, 0.25) is 0 Å². The molecule has 4 nitrogen and oxygen atoms in total. The minimum atomic E-state index is -0.895. The number of aliphatic hydroxyl groups is 1. The van der Waals surface area contributed by atoms with Crippen LogP contribution in [0.2, 0.25) is 0 Å². The highest BCUT2D eigenvalue weighted by atomic mass is 16.4. The van der Waals surface area contributed by atoms with E-state index in [2.05, 4.69) is 22.8 Å². The van der Waals surface area contributed by atoms with Gasteiger partial charge in [0.1, 0.15) is 0 Å². The molecular formula is C25H27NO3. The molecule has 3 aromatic rings. The molecule has 29 heavy (non-hydrogen) atoms. The number of aromatic carboxylic acids is 1. The number of carboxylic acid groups (broad SMARTS) is 1. The first kappa shape index (κ1) is 18.4. The van der Waals surface area contributed by atoms with Crippen molar-refractivity contribution in [3.63, 3.8) is 0 Å². The number of aryl methyl sites for hydroxylation is 1. The van der Waals surface area contributed by atoms with Crippen molar-refractivity contribution in [3.8, 4) is 11.3 Å². The number of aromatic nitrogens is 1. The molecule has 150 valence electrons. The predicted octanol–water partition coefficient (Wildman–Crippen LogP) is 5.36. The van der Waals surface area contributed by atoms with Crippen LogP contribution in [0.15, 0.2) is 42.5 Å². The lowest BCUT2D eigenvalue weighted by Crippen LogP contribution is -2.18. The lowest BCUT2D eigenvalue weighted by Gasteiger charge is -2.26. The maximum atomic E-state index is 11.6. The van der Waals surface area contributed by atoms with Gasteiger partial charge in [-0.3, -0.25) is 0 Å². The Hall–Kier alpha value is -2.59. The fourth-order valence-corrected chi connectivity index (χ4v) is 5.40. The molecule has 0 amide bonds. The molecule has 1 aliphatic heterocycles. The van der Waals surface area contributed by atoms with Gasteiger partial charge in [-0.1, -0.05) is 49.6 Å². The summed E-state index contributed by atoms with van der Waals surface area (Å²) < 4.78 is 2.28. The Labute approximate surface area is 170 Å². The number of hydrogen-bond donors (Lipinski definition) is 2. The Balaban J connectivity index is 1.84. The number of aliphatic hydroxyl groups excluding tert-OH is 1. The van der Waals surface area contributed by atoms with Crippen LogP contribution in [0.1, 0.15) is 65.9 Å². The molecule has 1 unspecified atom stereocenters. The van der Waals surface area contributed by atoms with Crippen molar-refractivity contribution in [2.75, 3.05) is 0 Å². The van der Waals surface area contributed by atoms with Gasteiger partial charge in [0.05, 0.1) is 17.4 Å². The average molecular weight is 389 g/mol. The first-order chi connectivity index (χ1) is 14.1. The summed E-state index contributed by atoms with van der Waals surface area (Å²) in [5.41, 5.74) is 6.32. The fourth-order valence-electron chi connectivity index (χ4n) is 5.40. The topological polar surface area (TPSA) is 62.5 Å². The first-order valence-electron chi connectivity index (χ1n) is 10.8. The number of rotatable bonds is 2. The number of benzene rings is 2. The zero-order valence-corrected chi connectivity index (χ0v) is 16.6. The van der Waals surface area contributed by atoms with Crippen LogP contribution in [0.25, 0.3) is 22.2 Å². The highest BCUT2D eigenvalue weighted by Crippen LogP contribution is 2.45. The smallest absolute Gasteiger partial charge is 0.335 e. The Morgan fingerprint density at radius 1 is 1.00 bits per heavy atom. The summed E-state index contributed by atoms with van der Waals surface area (Å²) in [6, 6.07) is 14.0. The Morgan fingerprint density at radius 3 is 2.59 bits per heavy atom. The minimum absolute atomic E-state index is 0.323. The van der Waals surface area contributed by atoms with E-state index in [0.29, 0.717) is 30.9 Å². The van der Waals surface area contributed by atoms with Gasteiger partial charge in [0.25, 0.3) is 0 Å². The van der Waals surface area contributed by atoms with E-state index in [-0.39, 0.29) is 6.10 Å². The van der Waals surface area contributed by atoms with Gasteiger partial charge in [-0.15, -0.1) is 0 Å². The van der Waals surface area contributed by atoms with E-state index in [1.54, 1.807) is 6.07 Å². The quantitative estimate of drug-likeness (QED) is 0.620. The molecule has 0 radical (unpaired) electrons. The number of nitrogens with zero attached hydrogens (tertiary/aromatic N) is 1. The highest BCUT2D eigenvalue weighted by molar-refractivity contribution is 5.98. The van der Waals surface area contributed by atoms with Crippen molar-refractivity contribution in [2.45, 2.75) is 63.5 Å². The van der Waals surface area contributed by atoms with Crippen molar-refractivity contribution < 1.29 is 15.0 Å². The summed E-state index contributed by atoms with van der Waals surface area (Å²) >= 11 is 0. The van der Waals surface area contributed by atoms with Gasteiger partial charge < -0.3 is 14.8 Å². The number of fused-ring (bicyclic) bond motifs is 5. The minimum Gasteiger partial charge on any atom is -0.478 e. The lowest BCUT2D eigenvalue weighted by atomic mass is 9.81. The summed E-state index contributed by atoms with van der Waals surface area (Å²) in [5, 5.41) is 21.3. The van der Waals surface area contributed by atoms with Crippen LogP contribution in [0.5, 0.6) is 0 Å². The standard InChI is InChI=1S/C25H27NO3/c27-19-12-13-26-22-15-18(25(28)29)10-11-21(22)23(16-6-2-1-3-7-16)24(26)20-9-5-4-8-17(20)14-19/h4-5,8-11,15-16,19,27H,1-3,6-7,12-14H2,(H,28,29). The Bertz CT molecular complexity index is 1080. The molecule has 2 N–H and O–H groups in total. The summed E-state index contributed by atoms with van der Waals surface area (Å²) in [5.74, 6) is -0.386. The predicted molar refractivity (Wildman–Crippen MR) is 114 cm³/mol. The Morgan fingerprint density at radius 2 is 1.79 bits per heavy atom. The van der Waals surface area contributed by atoms with Crippen molar-refractivity contribution in [1.82, 2.24) is 4.57 Å². The third-order valence-corrected chi connectivity index (χ3v) is 6.78. The lowest BCUT2D eigenvalue weighted by molar-refractivity contribution is 0.0697. The van der Waals surface area contributed by atoms with E-state index in [1.165, 1.54) is 59.9 Å². The Kier molecular flexibility index (Phi) is 4.67. The molecule has 0 spiro atoms. The number of carbonyl (C=O) groups is 1. The van der Waals surface area contributed by atoms with Gasteiger partial charge >= 0.3 is 5.97 Å².